The molecule has 0 aliphatic heterocycles. The average molecular weight is 331 g/mol. The number of aliphatic carboxylic acids is 1. The molecule has 120 valence electrons. The van der Waals surface area contributed by atoms with Crippen LogP contribution in [-0.4, -0.2) is 55.6 Å². The van der Waals surface area contributed by atoms with E-state index in [1.165, 1.54) is 24.3 Å². The fraction of sp³-hybridized carbons (Fsp3) is 0.250. The fourth-order valence-electron chi connectivity index (χ4n) is 1.76. The van der Waals surface area contributed by atoms with E-state index in [0.29, 0.717) is 4.90 Å². The molecule has 0 spiro atoms. The molecule has 0 heterocycles. The lowest BCUT2D eigenvalue weighted by atomic mass is 10.0. The summed E-state index contributed by atoms with van der Waals surface area (Å²) in [5.41, 5.74) is -0.0107. The van der Waals surface area contributed by atoms with Crippen molar-refractivity contribution in [1.29, 1.82) is 0 Å². The van der Waals surface area contributed by atoms with Gasteiger partial charge in [0.15, 0.2) is 0 Å². The second-order valence-corrected chi connectivity index (χ2v) is 6.04. The number of carboxylic acids is 2. The number of aromatic carboxylic acids is 1. The van der Waals surface area contributed by atoms with Gasteiger partial charge in [-0.15, -0.1) is 0 Å². The maximum absolute atomic E-state index is 12.0. The number of carbonyl (C=O) groups is 3. The summed E-state index contributed by atoms with van der Waals surface area (Å²) in [5, 5.41) is 17.7. The third-order valence-electron chi connectivity index (χ3n) is 2.62. The molecule has 0 unspecified atom stereocenters. The van der Waals surface area contributed by atoms with E-state index >= 15 is 0 Å². The van der Waals surface area contributed by atoms with E-state index in [9.17, 15) is 18.9 Å². The highest BCUT2D eigenvalue weighted by Crippen LogP contribution is 2.35. The molecule has 10 heteroatoms. The molecule has 0 aliphatic rings. The van der Waals surface area contributed by atoms with Gasteiger partial charge >= 0.3 is 19.5 Å². The second-order valence-electron chi connectivity index (χ2n) is 4.43. The molecule has 1 rings (SSSR count). The fourth-order valence-corrected chi connectivity index (χ4v) is 2.46. The molecule has 22 heavy (non-hydrogen) atoms. The van der Waals surface area contributed by atoms with Crippen molar-refractivity contribution in [2.75, 3.05) is 12.8 Å². The molecule has 1 amide bonds. The van der Waals surface area contributed by atoms with Gasteiger partial charge in [-0.1, -0.05) is 18.2 Å². The van der Waals surface area contributed by atoms with Gasteiger partial charge in [-0.2, -0.15) is 0 Å². The van der Waals surface area contributed by atoms with E-state index in [2.05, 4.69) is 0 Å². The number of carboxylic acid groups (broad SMARTS) is 2. The van der Waals surface area contributed by atoms with Gasteiger partial charge in [-0.25, -0.2) is 4.79 Å². The van der Waals surface area contributed by atoms with Gasteiger partial charge in [0.05, 0.1) is 12.0 Å². The van der Waals surface area contributed by atoms with Gasteiger partial charge in [0.2, 0.25) is 5.91 Å². The molecule has 0 fully saturated rings. The summed E-state index contributed by atoms with van der Waals surface area (Å²) in [6.07, 6.45) is -1.52. The third kappa shape index (κ3) is 5.65. The van der Waals surface area contributed by atoms with Crippen molar-refractivity contribution in [3.05, 3.63) is 35.4 Å². The Morgan fingerprint density at radius 3 is 2.18 bits per heavy atom. The van der Waals surface area contributed by atoms with Crippen molar-refractivity contribution >= 4 is 25.4 Å². The molecule has 0 saturated heterocycles. The Bertz CT molecular complexity index is 638. The first-order valence-corrected chi connectivity index (χ1v) is 7.75. The van der Waals surface area contributed by atoms with E-state index in [-0.39, 0.29) is 11.1 Å². The molecule has 0 aliphatic carbocycles. The van der Waals surface area contributed by atoms with Crippen LogP contribution in [0.2, 0.25) is 0 Å². The molecule has 9 nitrogen and oxygen atoms in total. The minimum absolute atomic E-state index is 0.126. The van der Waals surface area contributed by atoms with E-state index < -0.39 is 44.7 Å². The first-order valence-electron chi connectivity index (χ1n) is 5.95. The predicted molar refractivity (Wildman–Crippen MR) is 73.4 cm³/mol. The highest BCUT2D eigenvalue weighted by Gasteiger charge is 2.26. The Morgan fingerprint density at radius 1 is 1.09 bits per heavy atom. The smallest absolute Gasteiger partial charge is 0.344 e. The highest BCUT2D eigenvalue weighted by atomic mass is 31.2. The number of amides is 1. The van der Waals surface area contributed by atoms with E-state index in [4.69, 9.17) is 20.0 Å². The first kappa shape index (κ1) is 17.8. The van der Waals surface area contributed by atoms with E-state index in [0.717, 1.165) is 0 Å². The van der Waals surface area contributed by atoms with Crippen molar-refractivity contribution in [2.45, 2.75) is 6.42 Å². The Morgan fingerprint density at radius 2 is 1.68 bits per heavy atom. The van der Waals surface area contributed by atoms with Crippen molar-refractivity contribution < 1.29 is 38.9 Å². The van der Waals surface area contributed by atoms with Gasteiger partial charge in [0.25, 0.3) is 0 Å². The van der Waals surface area contributed by atoms with Crippen LogP contribution in [-0.2, 0) is 20.6 Å². The Balaban J connectivity index is 2.98. The number of hydrogen-bond donors (Lipinski definition) is 4. The molecular formula is C12H14NO8P. The maximum atomic E-state index is 12.0. The van der Waals surface area contributed by atoms with E-state index in [1.54, 1.807) is 0 Å². The summed E-state index contributed by atoms with van der Waals surface area (Å²) in [6, 6.07) is 5.61. The molecule has 1 aromatic carbocycles. The zero-order chi connectivity index (χ0) is 16.9. The Labute approximate surface area is 125 Å². The lowest BCUT2D eigenvalue weighted by Crippen LogP contribution is -2.37. The summed E-state index contributed by atoms with van der Waals surface area (Å²) >= 11 is 0. The van der Waals surface area contributed by atoms with Crippen LogP contribution in [0.3, 0.4) is 0 Å². The molecule has 0 bridgehead atoms. The summed E-state index contributed by atoms with van der Waals surface area (Å²) in [6.45, 7) is -0.890. The number of benzene rings is 1. The molecule has 1 aromatic rings. The lowest BCUT2D eigenvalue weighted by molar-refractivity contribution is -0.143. The van der Waals surface area contributed by atoms with Crippen LogP contribution in [0.5, 0.6) is 0 Å². The number of rotatable bonds is 7. The quantitative estimate of drug-likeness (QED) is 0.508. The van der Waals surface area contributed by atoms with Crippen molar-refractivity contribution in [1.82, 2.24) is 4.90 Å². The summed E-state index contributed by atoms with van der Waals surface area (Å²) in [7, 11) is -4.64. The highest BCUT2D eigenvalue weighted by molar-refractivity contribution is 7.51. The number of nitrogens with zero attached hydrogens (tertiary/aromatic N) is 1. The largest absolute Gasteiger partial charge is 0.480 e. The van der Waals surface area contributed by atoms with Crippen LogP contribution in [0.25, 0.3) is 0 Å². The third-order valence-corrected chi connectivity index (χ3v) is 3.33. The molecule has 0 aromatic heterocycles. The normalized spacial score (nSPS) is 11.0. The van der Waals surface area contributed by atoms with Gasteiger partial charge in [-0.05, 0) is 11.6 Å². The SMILES string of the molecule is O=C(O)CN(CP(=O)(O)O)C(=O)Cc1ccccc1C(=O)O. The predicted octanol–water partition coefficient (Wildman–Crippen LogP) is -0.0243. The minimum Gasteiger partial charge on any atom is -0.480 e. The molecular weight excluding hydrogens is 317 g/mol. The van der Waals surface area contributed by atoms with Crippen molar-refractivity contribution in [3.8, 4) is 0 Å². The summed E-state index contributed by atoms with van der Waals surface area (Å²) in [4.78, 5) is 52.0. The topological polar surface area (TPSA) is 152 Å². The minimum atomic E-state index is -4.64. The van der Waals surface area contributed by atoms with Crippen LogP contribution in [0.15, 0.2) is 24.3 Å². The molecule has 0 saturated carbocycles. The van der Waals surface area contributed by atoms with Crippen LogP contribution >= 0.6 is 7.60 Å². The molecule has 0 atom stereocenters. The number of hydrogen-bond acceptors (Lipinski definition) is 4. The Kier molecular flexibility index (Phi) is 5.81. The molecule has 4 N–H and O–H groups in total. The lowest BCUT2D eigenvalue weighted by Gasteiger charge is -2.21. The van der Waals surface area contributed by atoms with Gasteiger partial charge in [-0.3, -0.25) is 14.2 Å². The number of carbonyl (C=O) groups excluding carboxylic acids is 1. The van der Waals surface area contributed by atoms with Crippen molar-refractivity contribution in [3.63, 3.8) is 0 Å². The van der Waals surface area contributed by atoms with E-state index in [1.807, 2.05) is 0 Å². The molecule has 0 radical (unpaired) electrons. The Hall–Kier alpha value is -2.22. The van der Waals surface area contributed by atoms with Crippen LogP contribution in [0, 0.1) is 0 Å². The zero-order valence-corrected chi connectivity index (χ0v) is 12.1. The summed E-state index contributed by atoms with van der Waals surface area (Å²) in [5.74, 6) is -3.59. The van der Waals surface area contributed by atoms with Crippen LogP contribution < -0.4 is 0 Å². The zero-order valence-electron chi connectivity index (χ0n) is 11.2. The second kappa shape index (κ2) is 7.17. The first-order chi connectivity index (χ1) is 10.1. The monoisotopic (exact) mass is 331 g/mol. The summed E-state index contributed by atoms with van der Waals surface area (Å²) < 4.78 is 11.0. The van der Waals surface area contributed by atoms with Gasteiger partial charge < -0.3 is 24.9 Å². The van der Waals surface area contributed by atoms with Crippen LogP contribution in [0.4, 0.5) is 0 Å². The van der Waals surface area contributed by atoms with Crippen molar-refractivity contribution in [2.24, 2.45) is 0 Å². The average Bonchev–Trinajstić information content (AvgIpc) is 2.36. The van der Waals surface area contributed by atoms with Crippen LogP contribution in [0.1, 0.15) is 15.9 Å². The maximum Gasteiger partial charge on any atom is 0.344 e. The standard InChI is InChI=1S/C12H14NO8P/c14-10(13(6-11(15)16)7-22(19,20)21)5-8-3-1-2-4-9(8)12(17)18/h1-4H,5-7H2,(H,15,16)(H,17,18)(H2,19,20,21). The van der Waals surface area contributed by atoms with Gasteiger partial charge in [0.1, 0.15) is 12.8 Å². The van der Waals surface area contributed by atoms with Gasteiger partial charge in [0, 0.05) is 0 Å².